The molecule has 7 rings (SSSR count). The molecule has 5 heterocycles. The van der Waals surface area contributed by atoms with Gasteiger partial charge in [-0.15, -0.1) is 0 Å². The van der Waals surface area contributed by atoms with Crippen molar-refractivity contribution >= 4 is 28.8 Å². The molecule has 0 unspecified atom stereocenters. The summed E-state index contributed by atoms with van der Waals surface area (Å²) in [5, 5.41) is 9.86. The summed E-state index contributed by atoms with van der Waals surface area (Å²) in [4.78, 5) is 32.0. The first kappa shape index (κ1) is 31.7. The van der Waals surface area contributed by atoms with E-state index in [1.807, 2.05) is 50.6 Å². The van der Waals surface area contributed by atoms with Crippen molar-refractivity contribution in [2.75, 3.05) is 30.3 Å². The minimum absolute atomic E-state index is 0.0585. The standard InChI is InChI=1S/C35H41N9O4/c1-5-36-32(45)28-27-29(48-35(3,4)47-27)33(46-28)44-21-40-26-30(41-34(42-31(26)44)38-17-19-43-18-16-37-22(43)2)39-20-25(23-12-8-6-9-13-23)24-14-10-7-11-15-24/h6-16,18,21,25,27-29,33H,5,17,19-20H2,1-4H3,(H,36,45)(H2,38,39,41,42)/t27-,28+,29-,33-/m1/s1. The predicted molar refractivity (Wildman–Crippen MR) is 180 cm³/mol. The lowest BCUT2D eigenvalue weighted by Gasteiger charge is -2.24. The highest BCUT2D eigenvalue weighted by atomic mass is 16.8. The van der Waals surface area contributed by atoms with Crippen LogP contribution in [0.3, 0.4) is 0 Å². The molecule has 2 aromatic carbocycles. The number of hydrogen-bond acceptors (Lipinski definition) is 10. The van der Waals surface area contributed by atoms with Gasteiger partial charge in [-0.3, -0.25) is 9.36 Å². The van der Waals surface area contributed by atoms with Crippen molar-refractivity contribution in [1.29, 1.82) is 0 Å². The summed E-state index contributed by atoms with van der Waals surface area (Å²) in [7, 11) is 0. The molecule has 0 spiro atoms. The average molecular weight is 652 g/mol. The van der Waals surface area contributed by atoms with Crippen molar-refractivity contribution in [1.82, 2.24) is 34.4 Å². The van der Waals surface area contributed by atoms with Crippen molar-refractivity contribution in [3.8, 4) is 0 Å². The van der Waals surface area contributed by atoms with Gasteiger partial charge in [-0.1, -0.05) is 60.7 Å². The van der Waals surface area contributed by atoms with Crippen LogP contribution in [-0.2, 0) is 25.5 Å². The van der Waals surface area contributed by atoms with Crippen LogP contribution < -0.4 is 16.0 Å². The molecule has 3 N–H and O–H groups in total. The van der Waals surface area contributed by atoms with Gasteiger partial charge in [-0.2, -0.15) is 9.97 Å². The second kappa shape index (κ2) is 13.3. The van der Waals surface area contributed by atoms with Gasteiger partial charge in [0.1, 0.15) is 18.0 Å². The highest BCUT2D eigenvalue weighted by Gasteiger charge is 2.58. The van der Waals surface area contributed by atoms with E-state index in [-0.39, 0.29) is 11.8 Å². The number of nitrogens with zero attached hydrogens (tertiary/aromatic N) is 6. The van der Waals surface area contributed by atoms with Crippen LogP contribution in [-0.4, -0.2) is 78.7 Å². The quantitative estimate of drug-likeness (QED) is 0.179. The fraction of sp³-hybridized carbons (Fsp3) is 0.400. The monoisotopic (exact) mass is 651 g/mol. The molecule has 13 nitrogen and oxygen atoms in total. The van der Waals surface area contributed by atoms with Crippen molar-refractivity contribution in [2.45, 2.75) is 70.5 Å². The van der Waals surface area contributed by atoms with Crippen molar-refractivity contribution in [3.05, 3.63) is 96.3 Å². The van der Waals surface area contributed by atoms with E-state index in [4.69, 9.17) is 29.2 Å². The molecule has 0 bridgehead atoms. The molecule has 3 aromatic heterocycles. The first-order valence-corrected chi connectivity index (χ1v) is 16.4. The van der Waals surface area contributed by atoms with Gasteiger partial charge in [0.25, 0.3) is 5.91 Å². The molecule has 5 aromatic rings. The smallest absolute Gasteiger partial charge is 0.252 e. The number of imidazole rings is 2. The van der Waals surface area contributed by atoms with Gasteiger partial charge in [0.05, 0.1) is 6.33 Å². The largest absolute Gasteiger partial charge is 0.367 e. The molecular weight excluding hydrogens is 610 g/mol. The Morgan fingerprint density at radius 3 is 2.33 bits per heavy atom. The zero-order valence-corrected chi connectivity index (χ0v) is 27.5. The molecule has 2 aliphatic heterocycles. The number of ether oxygens (including phenoxy) is 3. The molecule has 4 atom stereocenters. The molecule has 2 saturated heterocycles. The van der Waals surface area contributed by atoms with Gasteiger partial charge in [0.15, 0.2) is 35.1 Å². The first-order chi connectivity index (χ1) is 23.3. The summed E-state index contributed by atoms with van der Waals surface area (Å²) in [6, 6.07) is 20.8. The second-order valence-electron chi connectivity index (χ2n) is 12.5. The lowest BCUT2D eigenvalue weighted by molar-refractivity contribution is -0.197. The van der Waals surface area contributed by atoms with E-state index in [9.17, 15) is 4.79 Å². The van der Waals surface area contributed by atoms with Crippen LogP contribution in [0.2, 0.25) is 0 Å². The predicted octanol–water partition coefficient (Wildman–Crippen LogP) is 4.24. The zero-order valence-electron chi connectivity index (χ0n) is 27.5. The summed E-state index contributed by atoms with van der Waals surface area (Å²) in [5.74, 6) is 0.862. The number of nitrogens with one attached hydrogen (secondary N) is 3. The van der Waals surface area contributed by atoms with Crippen LogP contribution in [0.25, 0.3) is 11.2 Å². The first-order valence-electron chi connectivity index (χ1n) is 16.4. The van der Waals surface area contributed by atoms with Crippen LogP contribution >= 0.6 is 0 Å². The molecule has 250 valence electrons. The summed E-state index contributed by atoms with van der Waals surface area (Å²) in [6.07, 6.45) is 2.69. The van der Waals surface area contributed by atoms with Crippen molar-refractivity contribution in [2.24, 2.45) is 0 Å². The number of anilines is 2. The van der Waals surface area contributed by atoms with Crippen LogP contribution in [0, 0.1) is 6.92 Å². The van der Waals surface area contributed by atoms with E-state index in [1.165, 1.54) is 11.1 Å². The summed E-state index contributed by atoms with van der Waals surface area (Å²) in [6.45, 7) is 9.82. The highest BCUT2D eigenvalue weighted by molar-refractivity contribution is 5.85. The summed E-state index contributed by atoms with van der Waals surface area (Å²) < 4.78 is 22.8. The van der Waals surface area contributed by atoms with Gasteiger partial charge in [0, 0.05) is 44.5 Å². The minimum atomic E-state index is -0.887. The molecule has 2 fully saturated rings. The molecule has 13 heteroatoms. The van der Waals surface area contributed by atoms with E-state index in [0.717, 1.165) is 5.82 Å². The van der Waals surface area contributed by atoms with Crippen LogP contribution in [0.4, 0.5) is 11.8 Å². The third kappa shape index (κ3) is 6.36. The maximum absolute atomic E-state index is 13.1. The zero-order chi connectivity index (χ0) is 33.3. The Bertz CT molecular complexity index is 1820. The fourth-order valence-corrected chi connectivity index (χ4v) is 6.52. The Kier molecular flexibility index (Phi) is 8.82. The number of carbonyl (C=O) groups excluding carboxylic acids is 1. The maximum Gasteiger partial charge on any atom is 0.252 e. The minimum Gasteiger partial charge on any atom is -0.367 e. The second-order valence-corrected chi connectivity index (χ2v) is 12.5. The van der Waals surface area contributed by atoms with E-state index < -0.39 is 30.3 Å². The number of aromatic nitrogens is 6. The van der Waals surface area contributed by atoms with Crippen LogP contribution in [0.15, 0.2) is 79.4 Å². The molecule has 0 saturated carbocycles. The highest BCUT2D eigenvalue weighted by Crippen LogP contribution is 2.44. The Hall–Kier alpha value is -4.85. The number of likely N-dealkylation sites (N-methyl/N-ethyl adjacent to an activating group) is 1. The average Bonchev–Trinajstić information content (AvgIpc) is 3.85. The van der Waals surface area contributed by atoms with Gasteiger partial charge in [-0.25, -0.2) is 9.97 Å². The van der Waals surface area contributed by atoms with Gasteiger partial charge < -0.3 is 34.7 Å². The lowest BCUT2D eigenvalue weighted by atomic mass is 9.91. The third-order valence-electron chi connectivity index (χ3n) is 8.77. The lowest BCUT2D eigenvalue weighted by Crippen LogP contribution is -2.42. The molecule has 0 radical (unpaired) electrons. The Morgan fingerprint density at radius 2 is 1.67 bits per heavy atom. The SMILES string of the molecule is CCNC(=O)[C@H]1O[C@@H](n2cnc3c(NCC(c4ccccc4)c4ccccc4)nc(NCCn4ccnc4C)nc32)[C@@H]2OC(C)(C)O[C@@H]21. The van der Waals surface area contributed by atoms with Crippen molar-refractivity contribution in [3.63, 3.8) is 0 Å². The van der Waals surface area contributed by atoms with E-state index in [1.54, 1.807) is 12.5 Å². The van der Waals surface area contributed by atoms with Gasteiger partial charge in [-0.05, 0) is 38.8 Å². The number of hydrogen-bond donors (Lipinski definition) is 3. The number of carbonyl (C=O) groups is 1. The Labute approximate surface area is 279 Å². The Morgan fingerprint density at radius 1 is 0.958 bits per heavy atom. The number of amides is 1. The van der Waals surface area contributed by atoms with E-state index >= 15 is 0 Å². The van der Waals surface area contributed by atoms with Gasteiger partial charge in [0.2, 0.25) is 5.95 Å². The van der Waals surface area contributed by atoms with Crippen LogP contribution in [0.5, 0.6) is 0 Å². The number of benzene rings is 2. The summed E-state index contributed by atoms with van der Waals surface area (Å²) >= 11 is 0. The summed E-state index contributed by atoms with van der Waals surface area (Å²) in [5.41, 5.74) is 3.48. The molecule has 1 amide bonds. The topological polar surface area (TPSA) is 142 Å². The number of rotatable bonds is 12. The van der Waals surface area contributed by atoms with Crippen molar-refractivity contribution < 1.29 is 19.0 Å². The molecule has 48 heavy (non-hydrogen) atoms. The van der Waals surface area contributed by atoms with E-state index in [2.05, 4.69) is 74.0 Å². The number of fused-ring (bicyclic) bond motifs is 2. The normalized spacial score (nSPS) is 21.4. The third-order valence-corrected chi connectivity index (χ3v) is 8.77. The number of aryl methyl sites for hydroxylation is 1. The van der Waals surface area contributed by atoms with Gasteiger partial charge >= 0.3 is 0 Å². The van der Waals surface area contributed by atoms with E-state index in [0.29, 0.717) is 49.1 Å². The van der Waals surface area contributed by atoms with Crippen LogP contribution in [0.1, 0.15) is 49.9 Å². The molecule has 2 aliphatic rings. The maximum atomic E-state index is 13.1. The Balaban J connectivity index is 1.23. The molecule has 0 aliphatic carbocycles. The molecular formula is C35H41N9O4. The fourth-order valence-electron chi connectivity index (χ4n) is 6.52.